The molecule has 1 amide bonds. The lowest BCUT2D eigenvalue weighted by molar-refractivity contribution is 0.0936. The van der Waals surface area contributed by atoms with Gasteiger partial charge >= 0.3 is 0 Å². The minimum absolute atomic E-state index is 0.00399. The zero-order valence-electron chi connectivity index (χ0n) is 13.6. The van der Waals surface area contributed by atoms with Gasteiger partial charge in [-0.1, -0.05) is 11.6 Å². The van der Waals surface area contributed by atoms with Crippen molar-refractivity contribution in [2.45, 2.75) is 33.4 Å². The van der Waals surface area contributed by atoms with E-state index in [0.29, 0.717) is 12.1 Å². The molecule has 0 aliphatic heterocycles. The van der Waals surface area contributed by atoms with E-state index in [4.69, 9.17) is 0 Å². The first-order valence-corrected chi connectivity index (χ1v) is 7.67. The highest BCUT2D eigenvalue weighted by atomic mass is 16.1. The van der Waals surface area contributed by atoms with Crippen molar-refractivity contribution in [3.05, 3.63) is 59.8 Å². The molecule has 0 saturated heterocycles. The van der Waals surface area contributed by atoms with Crippen molar-refractivity contribution >= 4 is 16.8 Å². The number of aryl methyl sites for hydroxylation is 2. The number of nitrogens with one attached hydrogen (secondary N) is 1. The van der Waals surface area contributed by atoms with Crippen molar-refractivity contribution < 1.29 is 4.79 Å². The van der Waals surface area contributed by atoms with Crippen LogP contribution in [0, 0.1) is 13.8 Å². The molecule has 0 saturated carbocycles. The highest BCUT2D eigenvalue weighted by Crippen LogP contribution is 2.18. The summed E-state index contributed by atoms with van der Waals surface area (Å²) in [6.07, 6.45) is 5.36. The normalized spacial score (nSPS) is 12.3. The second kappa shape index (κ2) is 6.20. The van der Waals surface area contributed by atoms with Gasteiger partial charge in [0.1, 0.15) is 0 Å². The molecule has 3 aromatic rings. The van der Waals surface area contributed by atoms with E-state index in [2.05, 4.69) is 15.3 Å². The molecule has 23 heavy (non-hydrogen) atoms. The van der Waals surface area contributed by atoms with Crippen LogP contribution in [0.3, 0.4) is 0 Å². The minimum atomic E-state index is -0.0916. The van der Waals surface area contributed by atoms with E-state index < -0.39 is 0 Å². The summed E-state index contributed by atoms with van der Waals surface area (Å²) in [6, 6.07) is 7.99. The lowest BCUT2D eigenvalue weighted by Crippen LogP contribution is -2.35. The molecule has 5 nitrogen and oxygen atoms in total. The number of carbonyl (C=O) groups is 1. The van der Waals surface area contributed by atoms with E-state index >= 15 is 0 Å². The molecule has 1 N–H and O–H groups in total. The van der Waals surface area contributed by atoms with E-state index in [1.54, 1.807) is 12.5 Å². The summed E-state index contributed by atoms with van der Waals surface area (Å²) < 4.78 is 1.94. The molecular weight excluding hydrogens is 288 g/mol. The standard InChI is InChI=1S/C18H20N4O/c1-12-4-5-17-15(8-12)9-16(14(3)21-17)18(23)20-13(2)10-22-7-6-19-11-22/h4-9,11,13H,10H2,1-3H3,(H,20,23)/t13-/m0/s1. The number of aromatic nitrogens is 3. The van der Waals surface area contributed by atoms with Crippen molar-refractivity contribution in [2.24, 2.45) is 0 Å². The predicted octanol–water partition coefficient (Wildman–Crippen LogP) is 2.87. The van der Waals surface area contributed by atoms with Crippen LogP contribution in [-0.2, 0) is 6.54 Å². The summed E-state index contributed by atoms with van der Waals surface area (Å²) in [5.74, 6) is -0.0916. The van der Waals surface area contributed by atoms with Gasteiger partial charge in [0, 0.05) is 30.4 Å². The van der Waals surface area contributed by atoms with Gasteiger partial charge in [0.2, 0.25) is 0 Å². The number of benzene rings is 1. The summed E-state index contributed by atoms with van der Waals surface area (Å²) in [4.78, 5) is 21.1. The highest BCUT2D eigenvalue weighted by molar-refractivity contribution is 5.98. The van der Waals surface area contributed by atoms with Gasteiger partial charge in [-0.2, -0.15) is 0 Å². The van der Waals surface area contributed by atoms with Crippen LogP contribution in [0.1, 0.15) is 28.5 Å². The van der Waals surface area contributed by atoms with Gasteiger partial charge in [0.15, 0.2) is 0 Å². The molecule has 5 heteroatoms. The smallest absolute Gasteiger partial charge is 0.253 e. The number of pyridine rings is 1. The Morgan fingerprint density at radius 1 is 1.30 bits per heavy atom. The van der Waals surface area contributed by atoms with Gasteiger partial charge in [0.25, 0.3) is 5.91 Å². The Hall–Kier alpha value is -2.69. The lowest BCUT2D eigenvalue weighted by Gasteiger charge is -2.15. The van der Waals surface area contributed by atoms with Crippen LogP contribution in [-0.4, -0.2) is 26.5 Å². The molecule has 0 aliphatic carbocycles. The van der Waals surface area contributed by atoms with Crippen molar-refractivity contribution in [1.82, 2.24) is 19.9 Å². The number of nitrogens with zero attached hydrogens (tertiary/aromatic N) is 3. The third kappa shape index (κ3) is 3.39. The number of hydrogen-bond donors (Lipinski definition) is 1. The molecule has 3 rings (SSSR count). The van der Waals surface area contributed by atoms with Gasteiger partial charge in [-0.3, -0.25) is 9.78 Å². The van der Waals surface area contributed by atoms with Crippen LogP contribution < -0.4 is 5.32 Å². The fourth-order valence-corrected chi connectivity index (χ4v) is 2.68. The van der Waals surface area contributed by atoms with Gasteiger partial charge in [-0.05, 0) is 39.0 Å². The first kappa shape index (κ1) is 15.2. The van der Waals surface area contributed by atoms with Gasteiger partial charge in [0.05, 0.1) is 23.1 Å². The van der Waals surface area contributed by atoms with Crippen LogP contribution in [0.4, 0.5) is 0 Å². The van der Waals surface area contributed by atoms with E-state index in [9.17, 15) is 4.79 Å². The van der Waals surface area contributed by atoms with Crippen LogP contribution in [0.15, 0.2) is 43.0 Å². The van der Waals surface area contributed by atoms with E-state index in [1.165, 1.54) is 0 Å². The molecular formula is C18H20N4O. The monoisotopic (exact) mass is 308 g/mol. The molecule has 2 heterocycles. The Bertz CT molecular complexity index is 840. The van der Waals surface area contributed by atoms with Crippen LogP contribution >= 0.6 is 0 Å². The number of amides is 1. The van der Waals surface area contributed by atoms with E-state index in [0.717, 1.165) is 22.2 Å². The topological polar surface area (TPSA) is 59.8 Å². The average Bonchev–Trinajstić information content (AvgIpc) is 2.99. The maximum Gasteiger partial charge on any atom is 0.253 e. The molecule has 0 spiro atoms. The third-order valence-electron chi connectivity index (χ3n) is 3.83. The van der Waals surface area contributed by atoms with Crippen molar-refractivity contribution in [3.63, 3.8) is 0 Å². The molecule has 1 aromatic carbocycles. The summed E-state index contributed by atoms with van der Waals surface area (Å²) in [5, 5.41) is 4.02. The predicted molar refractivity (Wildman–Crippen MR) is 90.4 cm³/mol. The number of hydrogen-bond acceptors (Lipinski definition) is 3. The Kier molecular flexibility index (Phi) is 4.10. The number of imidazole rings is 1. The summed E-state index contributed by atoms with van der Waals surface area (Å²) >= 11 is 0. The zero-order chi connectivity index (χ0) is 16.4. The fraction of sp³-hybridized carbons (Fsp3) is 0.278. The Balaban J connectivity index is 1.81. The SMILES string of the molecule is Cc1ccc2nc(C)c(C(=O)N[C@@H](C)Cn3ccnc3)cc2c1. The largest absolute Gasteiger partial charge is 0.348 e. The van der Waals surface area contributed by atoms with Crippen molar-refractivity contribution in [1.29, 1.82) is 0 Å². The average molecular weight is 308 g/mol. The van der Waals surface area contributed by atoms with Gasteiger partial charge in [-0.15, -0.1) is 0 Å². The second-order valence-electron chi connectivity index (χ2n) is 5.95. The van der Waals surface area contributed by atoms with Crippen LogP contribution in [0.2, 0.25) is 0 Å². The summed E-state index contributed by atoms with van der Waals surface area (Å²) in [5.41, 5.74) is 3.44. The van der Waals surface area contributed by atoms with Crippen LogP contribution in [0.25, 0.3) is 10.9 Å². The highest BCUT2D eigenvalue weighted by Gasteiger charge is 2.14. The number of rotatable bonds is 4. The molecule has 2 aromatic heterocycles. The van der Waals surface area contributed by atoms with Gasteiger partial charge < -0.3 is 9.88 Å². The quantitative estimate of drug-likeness (QED) is 0.806. The Labute approximate surface area is 135 Å². The van der Waals surface area contributed by atoms with Crippen molar-refractivity contribution in [2.75, 3.05) is 0 Å². The first-order valence-electron chi connectivity index (χ1n) is 7.67. The minimum Gasteiger partial charge on any atom is -0.348 e. The molecule has 0 aliphatic rings. The molecule has 0 bridgehead atoms. The summed E-state index contributed by atoms with van der Waals surface area (Å²) in [7, 11) is 0. The van der Waals surface area contributed by atoms with Gasteiger partial charge in [-0.25, -0.2) is 4.98 Å². The number of carbonyl (C=O) groups excluding carboxylic acids is 1. The maximum atomic E-state index is 12.6. The Morgan fingerprint density at radius 3 is 2.87 bits per heavy atom. The molecule has 1 atom stereocenters. The molecule has 0 fully saturated rings. The van der Waals surface area contributed by atoms with Crippen molar-refractivity contribution in [3.8, 4) is 0 Å². The molecule has 118 valence electrons. The lowest BCUT2D eigenvalue weighted by atomic mass is 10.1. The maximum absolute atomic E-state index is 12.6. The van der Waals surface area contributed by atoms with E-state index in [1.807, 2.05) is 55.8 Å². The zero-order valence-corrected chi connectivity index (χ0v) is 13.6. The second-order valence-corrected chi connectivity index (χ2v) is 5.95. The Morgan fingerprint density at radius 2 is 2.13 bits per heavy atom. The number of fused-ring (bicyclic) bond motifs is 1. The third-order valence-corrected chi connectivity index (χ3v) is 3.83. The summed E-state index contributed by atoms with van der Waals surface area (Å²) in [6.45, 7) is 6.57. The first-order chi connectivity index (χ1) is 11.0. The molecule has 0 radical (unpaired) electrons. The van der Waals surface area contributed by atoms with E-state index in [-0.39, 0.29) is 11.9 Å². The van der Waals surface area contributed by atoms with Crippen LogP contribution in [0.5, 0.6) is 0 Å². The molecule has 0 unspecified atom stereocenters. The fourth-order valence-electron chi connectivity index (χ4n) is 2.68.